The van der Waals surface area contributed by atoms with Gasteiger partial charge in [0.15, 0.2) is 5.82 Å². The molecule has 2 fully saturated rings. The monoisotopic (exact) mass is 540 g/mol. The molecule has 4 heterocycles. The zero-order valence-corrected chi connectivity index (χ0v) is 22.3. The standard InChI is InChI=1S/C27H24BClF2N2O3S/c1-26(2)27(3,4)36-28(35-26)14-9-17(30)21-19(10-14)34-25(20-12-32-24(37-20)13-5-6-13)33-18-8-7-15(29)11-16(18)22(31)23(21)33/h7-13,25H,5-6H2,1-4H3. The van der Waals surface area contributed by atoms with Crippen LogP contribution < -0.4 is 10.2 Å². The summed E-state index contributed by atoms with van der Waals surface area (Å²) in [6, 6.07) is 8.04. The van der Waals surface area contributed by atoms with E-state index in [9.17, 15) is 0 Å². The highest BCUT2D eigenvalue weighted by Gasteiger charge is 2.52. The van der Waals surface area contributed by atoms with Gasteiger partial charge in [-0.1, -0.05) is 11.6 Å². The Balaban J connectivity index is 1.42. The first-order valence-electron chi connectivity index (χ1n) is 12.3. The van der Waals surface area contributed by atoms with Crippen LogP contribution in [-0.4, -0.2) is 27.9 Å². The topological polar surface area (TPSA) is 45.5 Å². The first-order chi connectivity index (χ1) is 17.5. The van der Waals surface area contributed by atoms with Crippen molar-refractivity contribution in [1.29, 1.82) is 0 Å². The summed E-state index contributed by atoms with van der Waals surface area (Å²) < 4.78 is 52.4. The van der Waals surface area contributed by atoms with Gasteiger partial charge in [0.2, 0.25) is 6.23 Å². The maximum atomic E-state index is 16.0. The molecule has 10 heteroatoms. The van der Waals surface area contributed by atoms with Crippen molar-refractivity contribution in [2.24, 2.45) is 0 Å². The van der Waals surface area contributed by atoms with Crippen molar-refractivity contribution in [2.75, 3.05) is 0 Å². The predicted molar refractivity (Wildman–Crippen MR) is 141 cm³/mol. The normalized spacial score (nSPS) is 21.7. The Hall–Kier alpha value is -2.46. The van der Waals surface area contributed by atoms with E-state index in [-0.39, 0.29) is 17.0 Å². The Morgan fingerprint density at radius 2 is 1.81 bits per heavy atom. The fourth-order valence-corrected chi connectivity index (χ4v) is 6.33. The van der Waals surface area contributed by atoms with Gasteiger partial charge in [-0.05, 0) is 76.3 Å². The van der Waals surface area contributed by atoms with Crippen LogP contribution in [0.3, 0.4) is 0 Å². The van der Waals surface area contributed by atoms with Crippen LogP contribution >= 0.6 is 22.9 Å². The summed E-state index contributed by atoms with van der Waals surface area (Å²) in [5, 5.41) is 1.76. The Morgan fingerprint density at radius 3 is 2.51 bits per heavy atom. The zero-order chi connectivity index (χ0) is 25.9. The molecule has 0 bridgehead atoms. The third kappa shape index (κ3) is 3.51. The highest BCUT2D eigenvalue weighted by Crippen LogP contribution is 2.49. The molecule has 0 spiro atoms. The average molecular weight is 541 g/mol. The molecule has 1 saturated heterocycles. The van der Waals surface area contributed by atoms with Crippen LogP contribution in [0.15, 0.2) is 36.5 Å². The molecule has 0 amide bonds. The Kier molecular flexibility index (Phi) is 4.98. The van der Waals surface area contributed by atoms with Crippen LogP contribution in [0.5, 0.6) is 5.75 Å². The van der Waals surface area contributed by atoms with E-state index < -0.39 is 36.2 Å². The van der Waals surface area contributed by atoms with E-state index in [1.54, 1.807) is 46.4 Å². The van der Waals surface area contributed by atoms with Gasteiger partial charge in [0.05, 0.1) is 37.9 Å². The number of nitrogens with zero attached hydrogens (tertiary/aromatic N) is 2. The summed E-state index contributed by atoms with van der Waals surface area (Å²) >= 11 is 7.76. The fourth-order valence-electron chi connectivity index (χ4n) is 5.05. The number of halogens is 3. The lowest BCUT2D eigenvalue weighted by atomic mass is 9.78. The second-order valence-electron chi connectivity index (χ2n) is 11.0. The predicted octanol–water partition coefficient (Wildman–Crippen LogP) is 6.81. The van der Waals surface area contributed by atoms with Gasteiger partial charge in [0.1, 0.15) is 11.6 Å². The van der Waals surface area contributed by atoms with Crippen LogP contribution in [0.2, 0.25) is 5.02 Å². The molecule has 0 radical (unpaired) electrons. The molecule has 1 unspecified atom stereocenters. The van der Waals surface area contributed by atoms with E-state index >= 15 is 8.78 Å². The van der Waals surface area contributed by atoms with Gasteiger partial charge < -0.3 is 14.0 Å². The molecule has 4 aromatic rings. The van der Waals surface area contributed by atoms with Crippen LogP contribution in [0.4, 0.5) is 8.78 Å². The minimum absolute atomic E-state index is 0.0632. The molecule has 0 N–H and O–H groups in total. The number of fused-ring (bicyclic) bond motifs is 5. The number of hydrogen-bond acceptors (Lipinski definition) is 5. The third-order valence-electron chi connectivity index (χ3n) is 7.93. The summed E-state index contributed by atoms with van der Waals surface area (Å²) in [5.41, 5.74) is 0.0595. The SMILES string of the molecule is CC1(C)OB(c2cc(F)c3c(c2)OC(c2cnc(C4CC4)s2)n2c-3c(F)c3cc(Cl)ccc32)OC1(C)C. The van der Waals surface area contributed by atoms with E-state index in [2.05, 4.69) is 4.98 Å². The molecule has 3 aliphatic rings. The molecule has 1 atom stereocenters. The summed E-state index contributed by atoms with van der Waals surface area (Å²) in [7, 11) is -0.784. The fraction of sp³-hybridized carbons (Fsp3) is 0.370. The third-order valence-corrected chi connectivity index (χ3v) is 9.35. The largest absolute Gasteiger partial charge is 0.495 e. The molecule has 1 aliphatic carbocycles. The van der Waals surface area contributed by atoms with Gasteiger partial charge in [-0.25, -0.2) is 13.8 Å². The van der Waals surface area contributed by atoms with E-state index in [0.717, 1.165) is 22.7 Å². The Labute approximate surface area is 222 Å². The van der Waals surface area contributed by atoms with Crippen molar-refractivity contribution in [3.05, 3.63) is 63.1 Å². The van der Waals surface area contributed by atoms with Crippen molar-refractivity contribution < 1.29 is 22.8 Å². The maximum Gasteiger partial charge on any atom is 0.495 e. The maximum absolute atomic E-state index is 16.0. The van der Waals surface area contributed by atoms with Crippen molar-refractivity contribution in [3.63, 3.8) is 0 Å². The second kappa shape index (κ2) is 7.79. The lowest BCUT2D eigenvalue weighted by molar-refractivity contribution is 0.00578. The number of ether oxygens (including phenoxy) is 1. The molecular weight excluding hydrogens is 517 g/mol. The van der Waals surface area contributed by atoms with Crippen molar-refractivity contribution >= 4 is 46.4 Å². The van der Waals surface area contributed by atoms with Crippen LogP contribution in [-0.2, 0) is 9.31 Å². The van der Waals surface area contributed by atoms with E-state index in [1.807, 2.05) is 27.7 Å². The first kappa shape index (κ1) is 23.6. The average Bonchev–Trinajstić information content (AvgIpc) is 3.43. The Morgan fingerprint density at radius 1 is 1.08 bits per heavy atom. The highest BCUT2D eigenvalue weighted by atomic mass is 35.5. The molecule has 190 valence electrons. The number of rotatable bonds is 3. The summed E-state index contributed by atoms with van der Waals surface area (Å²) in [6.07, 6.45) is 3.31. The zero-order valence-electron chi connectivity index (χ0n) is 20.8. The molecule has 2 aliphatic heterocycles. The lowest BCUT2D eigenvalue weighted by Crippen LogP contribution is -2.41. The number of aromatic nitrogens is 2. The molecule has 37 heavy (non-hydrogen) atoms. The smallest absolute Gasteiger partial charge is 0.464 e. The minimum atomic E-state index is -0.784. The van der Waals surface area contributed by atoms with E-state index in [1.165, 1.54) is 6.07 Å². The number of benzene rings is 2. The van der Waals surface area contributed by atoms with Gasteiger partial charge >= 0.3 is 7.12 Å². The van der Waals surface area contributed by atoms with Crippen molar-refractivity contribution in [2.45, 2.75) is 63.9 Å². The van der Waals surface area contributed by atoms with Gasteiger partial charge in [0, 0.05) is 22.5 Å². The highest BCUT2D eigenvalue weighted by molar-refractivity contribution is 7.11. The molecular formula is C27H24BClF2N2O3S. The van der Waals surface area contributed by atoms with Gasteiger partial charge in [-0.3, -0.25) is 4.57 Å². The van der Waals surface area contributed by atoms with Crippen LogP contribution in [0.25, 0.3) is 22.2 Å². The number of hydrogen-bond donors (Lipinski definition) is 0. The Bertz CT molecular complexity index is 1580. The summed E-state index contributed by atoms with van der Waals surface area (Å²) in [5.74, 6) is -0.450. The lowest BCUT2D eigenvalue weighted by Gasteiger charge is -2.32. The second-order valence-corrected chi connectivity index (χ2v) is 12.5. The summed E-state index contributed by atoms with van der Waals surface area (Å²) in [4.78, 5) is 5.43. The van der Waals surface area contributed by atoms with Crippen molar-refractivity contribution in [3.8, 4) is 17.0 Å². The van der Waals surface area contributed by atoms with Crippen LogP contribution in [0.1, 0.15) is 62.6 Å². The van der Waals surface area contributed by atoms with Crippen molar-refractivity contribution in [1.82, 2.24) is 9.55 Å². The van der Waals surface area contributed by atoms with Gasteiger partial charge in [0.25, 0.3) is 0 Å². The van der Waals surface area contributed by atoms with Crippen LogP contribution in [0, 0.1) is 11.6 Å². The summed E-state index contributed by atoms with van der Waals surface area (Å²) in [6.45, 7) is 7.76. The molecule has 2 aromatic carbocycles. The molecule has 7 rings (SSSR count). The number of thiazole rings is 1. The van der Waals surface area contributed by atoms with Gasteiger partial charge in [-0.2, -0.15) is 0 Å². The molecule has 1 saturated carbocycles. The quantitative estimate of drug-likeness (QED) is 0.268. The first-order valence-corrected chi connectivity index (χ1v) is 13.5. The van der Waals surface area contributed by atoms with E-state index in [0.29, 0.717) is 27.3 Å². The van der Waals surface area contributed by atoms with Gasteiger partial charge in [-0.15, -0.1) is 11.3 Å². The van der Waals surface area contributed by atoms with E-state index in [4.69, 9.17) is 25.6 Å². The molecule has 5 nitrogen and oxygen atoms in total. The minimum Gasteiger partial charge on any atom is -0.464 e. The molecule has 2 aromatic heterocycles.